The van der Waals surface area contributed by atoms with Gasteiger partial charge in [-0.1, -0.05) is 0 Å². The van der Waals surface area contributed by atoms with E-state index in [1.54, 1.807) is 0 Å². The minimum absolute atomic E-state index is 0.271. The summed E-state index contributed by atoms with van der Waals surface area (Å²) in [6.45, 7) is 0.542. The first-order valence-corrected chi connectivity index (χ1v) is 3.90. The molecule has 10 heavy (non-hydrogen) atoms. The van der Waals surface area contributed by atoms with Crippen molar-refractivity contribution in [3.63, 3.8) is 0 Å². The lowest BCUT2D eigenvalue weighted by molar-refractivity contribution is 0.140. The van der Waals surface area contributed by atoms with Gasteiger partial charge in [-0.3, -0.25) is 0 Å². The van der Waals surface area contributed by atoms with Crippen LogP contribution < -0.4 is 0 Å². The topological polar surface area (TPSA) is 40.5 Å². The van der Waals surface area contributed by atoms with Gasteiger partial charge in [-0.2, -0.15) is 0 Å². The van der Waals surface area contributed by atoms with Gasteiger partial charge >= 0.3 is 0 Å². The Morgan fingerprint density at radius 1 is 1.10 bits per heavy atom. The Morgan fingerprint density at radius 2 is 1.60 bits per heavy atom. The Labute approximate surface area is 61.9 Å². The predicted molar refractivity (Wildman–Crippen MR) is 39.3 cm³/mol. The van der Waals surface area contributed by atoms with E-state index in [1.165, 1.54) is 0 Å². The minimum Gasteiger partial charge on any atom is -0.396 e. The van der Waals surface area contributed by atoms with E-state index in [4.69, 9.17) is 10.2 Å². The zero-order valence-electron chi connectivity index (χ0n) is 6.16. The summed E-state index contributed by atoms with van der Waals surface area (Å²) in [6, 6.07) is 0. The van der Waals surface area contributed by atoms with Crippen LogP contribution in [0, 0.1) is 18.3 Å². The van der Waals surface area contributed by atoms with Crippen molar-refractivity contribution in [2.45, 2.75) is 19.3 Å². The molecule has 1 radical (unpaired) electrons. The van der Waals surface area contributed by atoms with Crippen LogP contribution in [0.25, 0.3) is 0 Å². The Hall–Kier alpha value is -0.0800. The maximum atomic E-state index is 8.80. The smallest absolute Gasteiger partial charge is 0.0459 e. The van der Waals surface area contributed by atoms with E-state index in [0.717, 1.165) is 19.3 Å². The molecular weight excluding hydrogens is 128 g/mol. The molecule has 0 aromatic carbocycles. The van der Waals surface area contributed by atoms with Crippen LogP contribution in [-0.4, -0.2) is 23.4 Å². The fourth-order valence-corrected chi connectivity index (χ4v) is 1.53. The molecule has 1 fully saturated rings. The summed E-state index contributed by atoms with van der Waals surface area (Å²) in [5.74, 6) is 0.816. The SMILES string of the molecule is OCC1C[CH]CC(CO)C1. The summed E-state index contributed by atoms with van der Waals surface area (Å²) in [5, 5.41) is 17.6. The van der Waals surface area contributed by atoms with Crippen LogP contribution in [-0.2, 0) is 0 Å². The highest BCUT2D eigenvalue weighted by Gasteiger charge is 2.20. The molecule has 2 nitrogen and oxygen atoms in total. The molecule has 0 aliphatic heterocycles. The molecule has 0 spiro atoms. The van der Waals surface area contributed by atoms with Gasteiger partial charge < -0.3 is 10.2 Å². The number of hydrogen-bond donors (Lipinski definition) is 2. The van der Waals surface area contributed by atoms with Gasteiger partial charge in [0.05, 0.1) is 0 Å². The molecule has 0 aromatic rings. The Balaban J connectivity index is 2.25. The monoisotopic (exact) mass is 143 g/mol. The largest absolute Gasteiger partial charge is 0.396 e. The molecule has 0 bridgehead atoms. The maximum absolute atomic E-state index is 8.80. The van der Waals surface area contributed by atoms with Crippen LogP contribution in [0.3, 0.4) is 0 Å². The van der Waals surface area contributed by atoms with Crippen molar-refractivity contribution in [3.05, 3.63) is 6.42 Å². The first kappa shape index (κ1) is 8.02. The zero-order chi connectivity index (χ0) is 7.40. The van der Waals surface area contributed by atoms with E-state index >= 15 is 0 Å². The van der Waals surface area contributed by atoms with Crippen molar-refractivity contribution < 1.29 is 10.2 Å². The van der Waals surface area contributed by atoms with Gasteiger partial charge in [0.1, 0.15) is 0 Å². The number of hydrogen-bond acceptors (Lipinski definition) is 2. The summed E-state index contributed by atoms with van der Waals surface area (Å²) in [5.41, 5.74) is 0. The Morgan fingerprint density at radius 3 is 2.00 bits per heavy atom. The highest BCUT2D eigenvalue weighted by Crippen LogP contribution is 2.27. The van der Waals surface area contributed by atoms with Crippen molar-refractivity contribution in [3.8, 4) is 0 Å². The molecule has 0 aromatic heterocycles. The second kappa shape index (κ2) is 3.94. The van der Waals surface area contributed by atoms with E-state index in [-0.39, 0.29) is 13.2 Å². The van der Waals surface area contributed by atoms with Gasteiger partial charge in [0.15, 0.2) is 0 Å². The molecule has 1 saturated carbocycles. The van der Waals surface area contributed by atoms with Crippen molar-refractivity contribution in [2.75, 3.05) is 13.2 Å². The van der Waals surface area contributed by atoms with Crippen molar-refractivity contribution in [1.82, 2.24) is 0 Å². The molecule has 2 atom stereocenters. The lowest BCUT2D eigenvalue weighted by Gasteiger charge is -2.25. The van der Waals surface area contributed by atoms with E-state index in [0.29, 0.717) is 11.8 Å². The van der Waals surface area contributed by atoms with Gasteiger partial charge in [0.2, 0.25) is 0 Å². The molecule has 59 valence electrons. The third-order valence-electron chi connectivity index (χ3n) is 2.18. The molecule has 2 heteroatoms. The molecular formula is C8H15O2. The minimum atomic E-state index is 0.271. The number of aliphatic hydroxyl groups excluding tert-OH is 2. The van der Waals surface area contributed by atoms with Gasteiger partial charge in [0, 0.05) is 13.2 Å². The Kier molecular flexibility index (Phi) is 3.16. The second-order valence-corrected chi connectivity index (χ2v) is 3.09. The quantitative estimate of drug-likeness (QED) is 0.594. The van der Waals surface area contributed by atoms with Crippen LogP contribution in [0.4, 0.5) is 0 Å². The summed E-state index contributed by atoms with van der Waals surface area (Å²) in [6.07, 6.45) is 5.20. The summed E-state index contributed by atoms with van der Waals surface area (Å²) in [7, 11) is 0. The first-order chi connectivity index (χ1) is 4.86. The van der Waals surface area contributed by atoms with Crippen LogP contribution in [0.5, 0.6) is 0 Å². The van der Waals surface area contributed by atoms with E-state index < -0.39 is 0 Å². The maximum Gasteiger partial charge on any atom is 0.0459 e. The lowest BCUT2D eigenvalue weighted by atomic mass is 9.82. The fraction of sp³-hybridized carbons (Fsp3) is 0.875. The van der Waals surface area contributed by atoms with E-state index in [9.17, 15) is 0 Å². The molecule has 0 amide bonds. The van der Waals surface area contributed by atoms with Gasteiger partial charge in [-0.05, 0) is 37.5 Å². The summed E-state index contributed by atoms with van der Waals surface area (Å²) >= 11 is 0. The van der Waals surface area contributed by atoms with Crippen molar-refractivity contribution in [2.24, 2.45) is 11.8 Å². The van der Waals surface area contributed by atoms with Crippen LogP contribution in [0.2, 0.25) is 0 Å². The highest BCUT2D eigenvalue weighted by atomic mass is 16.3. The third-order valence-corrected chi connectivity index (χ3v) is 2.18. The standard InChI is InChI=1S/C8H15O2/c9-5-7-2-1-3-8(4-7)6-10/h1,7-10H,2-6H2. The molecule has 1 aliphatic carbocycles. The van der Waals surface area contributed by atoms with E-state index in [2.05, 4.69) is 6.42 Å². The van der Waals surface area contributed by atoms with Gasteiger partial charge in [0.25, 0.3) is 0 Å². The van der Waals surface area contributed by atoms with Gasteiger partial charge in [-0.25, -0.2) is 0 Å². The summed E-state index contributed by atoms with van der Waals surface area (Å²) < 4.78 is 0. The normalized spacial score (nSPS) is 34.2. The number of rotatable bonds is 2. The average Bonchev–Trinajstić information content (AvgIpc) is 2.05. The van der Waals surface area contributed by atoms with E-state index in [1.807, 2.05) is 0 Å². The second-order valence-electron chi connectivity index (χ2n) is 3.09. The molecule has 1 rings (SSSR count). The van der Waals surface area contributed by atoms with Gasteiger partial charge in [-0.15, -0.1) is 0 Å². The molecule has 1 aliphatic rings. The molecule has 0 heterocycles. The third kappa shape index (κ3) is 1.96. The van der Waals surface area contributed by atoms with Crippen molar-refractivity contribution >= 4 is 0 Å². The zero-order valence-corrected chi connectivity index (χ0v) is 6.16. The predicted octanol–water partition coefficient (Wildman–Crippen LogP) is 0.592. The summed E-state index contributed by atoms with van der Waals surface area (Å²) in [4.78, 5) is 0. The molecule has 2 unspecified atom stereocenters. The lowest BCUT2D eigenvalue weighted by Crippen LogP contribution is -2.20. The van der Waals surface area contributed by atoms with Crippen LogP contribution in [0.1, 0.15) is 19.3 Å². The van der Waals surface area contributed by atoms with Crippen molar-refractivity contribution in [1.29, 1.82) is 0 Å². The fourth-order valence-electron chi connectivity index (χ4n) is 1.53. The van der Waals surface area contributed by atoms with Crippen LogP contribution >= 0.6 is 0 Å². The Bertz CT molecular complexity index is 83.3. The number of aliphatic hydroxyl groups is 2. The van der Waals surface area contributed by atoms with Crippen LogP contribution in [0.15, 0.2) is 0 Å². The molecule has 2 N–H and O–H groups in total. The first-order valence-electron chi connectivity index (χ1n) is 3.90. The average molecular weight is 143 g/mol. The highest BCUT2D eigenvalue weighted by molar-refractivity contribution is 4.82. The molecule has 0 saturated heterocycles.